The molecule has 0 aliphatic heterocycles. The Balaban J connectivity index is 1.68. The number of aromatic nitrogens is 1. The lowest BCUT2D eigenvalue weighted by molar-refractivity contribution is 0.483. The van der Waals surface area contributed by atoms with Gasteiger partial charge in [0.25, 0.3) is 10.1 Å². The second-order valence-corrected chi connectivity index (χ2v) is 7.75. The predicted octanol–water partition coefficient (Wildman–Crippen LogP) is 5.15. The molecular formula is C21H16N4O3S. The molecule has 0 spiro atoms. The van der Waals surface area contributed by atoms with Gasteiger partial charge in [0.1, 0.15) is 11.4 Å². The van der Waals surface area contributed by atoms with E-state index in [0.29, 0.717) is 27.8 Å². The van der Waals surface area contributed by atoms with Crippen LogP contribution in [-0.2, 0) is 10.1 Å². The van der Waals surface area contributed by atoms with Gasteiger partial charge in [-0.05, 0) is 35.7 Å². The Morgan fingerprint density at radius 1 is 0.897 bits per heavy atom. The van der Waals surface area contributed by atoms with Gasteiger partial charge < -0.3 is 5.73 Å². The van der Waals surface area contributed by atoms with Gasteiger partial charge in [0.2, 0.25) is 0 Å². The van der Waals surface area contributed by atoms with Crippen molar-refractivity contribution < 1.29 is 13.0 Å². The lowest BCUT2D eigenvalue weighted by Gasteiger charge is -2.06. The van der Waals surface area contributed by atoms with E-state index in [4.69, 9.17) is 5.73 Å². The molecule has 4 aromatic rings. The van der Waals surface area contributed by atoms with E-state index in [1.165, 1.54) is 12.1 Å². The minimum Gasteiger partial charge on any atom is -0.397 e. The number of azo groups is 1. The summed E-state index contributed by atoms with van der Waals surface area (Å²) in [5, 5.41) is 9.65. The van der Waals surface area contributed by atoms with Crippen LogP contribution in [0.5, 0.6) is 0 Å². The van der Waals surface area contributed by atoms with Crippen molar-refractivity contribution in [1.82, 2.24) is 4.98 Å². The van der Waals surface area contributed by atoms with E-state index in [1.807, 2.05) is 36.4 Å². The molecule has 0 bridgehead atoms. The van der Waals surface area contributed by atoms with Crippen LogP contribution in [0.1, 0.15) is 0 Å². The smallest absolute Gasteiger partial charge is 0.294 e. The zero-order valence-corrected chi connectivity index (χ0v) is 15.9. The summed E-state index contributed by atoms with van der Waals surface area (Å²) in [5.74, 6) is 0. The summed E-state index contributed by atoms with van der Waals surface area (Å²) in [7, 11) is -4.29. The van der Waals surface area contributed by atoms with Crippen LogP contribution in [0.25, 0.3) is 22.0 Å². The first-order valence-electron chi connectivity index (χ1n) is 8.65. The maximum Gasteiger partial charge on any atom is 0.294 e. The average Bonchev–Trinajstić information content (AvgIpc) is 2.73. The Bertz CT molecular complexity index is 1320. The highest BCUT2D eigenvalue weighted by molar-refractivity contribution is 7.85. The number of hydrogen-bond donors (Lipinski definition) is 2. The maximum atomic E-state index is 11.4. The van der Waals surface area contributed by atoms with Gasteiger partial charge in [-0.15, -0.1) is 10.2 Å². The van der Waals surface area contributed by atoms with Crippen LogP contribution < -0.4 is 5.73 Å². The molecular weight excluding hydrogens is 388 g/mol. The van der Waals surface area contributed by atoms with Crippen molar-refractivity contribution in [3.8, 4) is 11.3 Å². The molecule has 7 nitrogen and oxygen atoms in total. The van der Waals surface area contributed by atoms with E-state index in [-0.39, 0.29) is 4.90 Å². The third-order valence-corrected chi connectivity index (χ3v) is 5.22. The third-order valence-electron chi connectivity index (χ3n) is 4.37. The van der Waals surface area contributed by atoms with E-state index in [9.17, 15) is 13.0 Å². The Morgan fingerprint density at radius 2 is 1.69 bits per heavy atom. The molecule has 0 saturated carbocycles. The number of anilines is 1. The molecule has 0 aliphatic carbocycles. The molecule has 0 fully saturated rings. The Hall–Kier alpha value is -3.62. The summed E-state index contributed by atoms with van der Waals surface area (Å²) in [6, 6.07) is 20.9. The van der Waals surface area contributed by atoms with Gasteiger partial charge in [-0.3, -0.25) is 9.54 Å². The molecule has 0 unspecified atom stereocenters. The number of nitrogens with zero attached hydrogens (tertiary/aromatic N) is 3. The Labute approximate surface area is 167 Å². The van der Waals surface area contributed by atoms with Gasteiger partial charge in [-0.1, -0.05) is 42.5 Å². The van der Waals surface area contributed by atoms with Crippen LogP contribution in [0.4, 0.5) is 17.1 Å². The minimum atomic E-state index is -4.29. The maximum absolute atomic E-state index is 11.4. The van der Waals surface area contributed by atoms with Crippen molar-refractivity contribution in [2.45, 2.75) is 4.90 Å². The van der Waals surface area contributed by atoms with Crippen LogP contribution in [0.3, 0.4) is 0 Å². The average molecular weight is 404 g/mol. The molecule has 0 aliphatic rings. The van der Waals surface area contributed by atoms with E-state index in [2.05, 4.69) is 15.2 Å². The van der Waals surface area contributed by atoms with Crippen molar-refractivity contribution in [2.24, 2.45) is 10.2 Å². The number of fused-ring (bicyclic) bond motifs is 1. The van der Waals surface area contributed by atoms with Crippen LogP contribution in [0, 0.1) is 0 Å². The zero-order valence-electron chi connectivity index (χ0n) is 15.1. The number of rotatable bonds is 4. The molecule has 0 amide bonds. The highest BCUT2D eigenvalue weighted by atomic mass is 32.2. The standard InChI is InChI=1S/C21H16N4O3S/c22-19-10-6-15-12-17(29(26,27)28)8-9-18(15)21(19)25-24-16-7-11-20(23-13-16)14-4-2-1-3-5-14/h1-13H,22H2,(H,26,27,28). The first-order valence-corrected chi connectivity index (χ1v) is 10.1. The molecule has 1 heterocycles. The van der Waals surface area contributed by atoms with Crippen molar-refractivity contribution in [3.63, 3.8) is 0 Å². The van der Waals surface area contributed by atoms with Crippen LogP contribution in [0.15, 0.2) is 94.1 Å². The van der Waals surface area contributed by atoms with Gasteiger partial charge in [0.05, 0.1) is 22.5 Å². The molecule has 0 saturated heterocycles. The second kappa shape index (κ2) is 7.42. The van der Waals surface area contributed by atoms with Crippen LogP contribution in [-0.4, -0.2) is 18.0 Å². The normalized spacial score (nSPS) is 11.9. The van der Waals surface area contributed by atoms with Gasteiger partial charge in [-0.25, -0.2) is 0 Å². The van der Waals surface area contributed by atoms with Gasteiger partial charge in [0, 0.05) is 10.9 Å². The van der Waals surface area contributed by atoms with Crippen molar-refractivity contribution in [2.75, 3.05) is 5.73 Å². The number of nitrogen functional groups attached to an aromatic ring is 1. The summed E-state index contributed by atoms with van der Waals surface area (Å²) < 4.78 is 31.9. The number of pyridine rings is 1. The molecule has 1 aromatic heterocycles. The number of hydrogen-bond acceptors (Lipinski definition) is 6. The molecule has 0 atom stereocenters. The van der Waals surface area contributed by atoms with Crippen LogP contribution >= 0.6 is 0 Å². The Kier molecular flexibility index (Phi) is 4.79. The number of benzene rings is 3. The van der Waals surface area contributed by atoms with Gasteiger partial charge in [0.15, 0.2) is 0 Å². The first kappa shape index (κ1) is 18.7. The molecule has 4 rings (SSSR count). The molecule has 29 heavy (non-hydrogen) atoms. The third kappa shape index (κ3) is 3.98. The fraction of sp³-hybridized carbons (Fsp3) is 0. The van der Waals surface area contributed by atoms with E-state index < -0.39 is 10.1 Å². The highest BCUT2D eigenvalue weighted by Crippen LogP contribution is 2.34. The molecule has 0 radical (unpaired) electrons. The number of nitrogens with two attached hydrogens (primary N) is 1. The van der Waals surface area contributed by atoms with Gasteiger partial charge in [-0.2, -0.15) is 8.42 Å². The summed E-state index contributed by atoms with van der Waals surface area (Å²) in [5.41, 5.74) is 9.23. The summed E-state index contributed by atoms with van der Waals surface area (Å²) >= 11 is 0. The molecule has 3 aromatic carbocycles. The molecule has 8 heteroatoms. The van der Waals surface area contributed by atoms with E-state index in [1.54, 1.807) is 30.5 Å². The van der Waals surface area contributed by atoms with Crippen molar-refractivity contribution in [3.05, 3.63) is 79.0 Å². The van der Waals surface area contributed by atoms with Crippen molar-refractivity contribution >= 4 is 38.0 Å². The minimum absolute atomic E-state index is 0.196. The van der Waals surface area contributed by atoms with E-state index in [0.717, 1.165) is 11.3 Å². The predicted molar refractivity (Wildman–Crippen MR) is 112 cm³/mol. The Morgan fingerprint density at radius 3 is 2.38 bits per heavy atom. The zero-order chi connectivity index (χ0) is 20.4. The topological polar surface area (TPSA) is 118 Å². The second-order valence-electron chi connectivity index (χ2n) is 6.33. The lowest BCUT2D eigenvalue weighted by atomic mass is 10.1. The summed E-state index contributed by atoms with van der Waals surface area (Å²) in [4.78, 5) is 4.21. The lowest BCUT2D eigenvalue weighted by Crippen LogP contribution is -1.97. The quantitative estimate of drug-likeness (QED) is 0.277. The largest absolute Gasteiger partial charge is 0.397 e. The SMILES string of the molecule is Nc1ccc2cc(S(=O)(=O)O)ccc2c1N=Nc1ccc(-c2ccccc2)nc1. The van der Waals surface area contributed by atoms with Crippen molar-refractivity contribution in [1.29, 1.82) is 0 Å². The fourth-order valence-corrected chi connectivity index (χ4v) is 3.43. The van der Waals surface area contributed by atoms with Gasteiger partial charge >= 0.3 is 0 Å². The van der Waals surface area contributed by atoms with E-state index >= 15 is 0 Å². The summed E-state index contributed by atoms with van der Waals surface area (Å²) in [6.07, 6.45) is 1.61. The first-order chi connectivity index (χ1) is 13.9. The fourth-order valence-electron chi connectivity index (χ4n) is 2.91. The monoisotopic (exact) mass is 404 g/mol. The summed E-state index contributed by atoms with van der Waals surface area (Å²) in [6.45, 7) is 0. The molecule has 144 valence electrons. The van der Waals surface area contributed by atoms with Crippen LogP contribution in [0.2, 0.25) is 0 Å². The highest BCUT2D eigenvalue weighted by Gasteiger charge is 2.12. The molecule has 3 N–H and O–H groups in total.